The number of nitrogens with zero attached hydrogens (tertiary/aromatic N) is 3. The van der Waals surface area contributed by atoms with Crippen molar-refractivity contribution in [3.8, 4) is 6.07 Å². The molecule has 1 aliphatic rings. The van der Waals surface area contributed by atoms with Crippen LogP contribution < -0.4 is 0 Å². The molecule has 0 bridgehead atoms. The third kappa shape index (κ3) is 3.20. The van der Waals surface area contributed by atoms with Gasteiger partial charge in [0.1, 0.15) is 0 Å². The predicted octanol–water partition coefficient (Wildman–Crippen LogP) is 2.09. The molecule has 0 N–H and O–H groups in total. The second kappa shape index (κ2) is 5.65. The van der Waals surface area contributed by atoms with E-state index in [0.717, 1.165) is 26.1 Å². The summed E-state index contributed by atoms with van der Waals surface area (Å²) in [6.45, 7) is 10.1. The van der Waals surface area contributed by atoms with E-state index < -0.39 is 0 Å². The zero-order valence-corrected chi connectivity index (χ0v) is 11.2. The summed E-state index contributed by atoms with van der Waals surface area (Å²) in [7, 11) is 2.16. The first-order valence-electron chi connectivity index (χ1n) is 6.33. The second-order valence-corrected chi connectivity index (χ2v) is 5.53. The quantitative estimate of drug-likeness (QED) is 0.734. The first-order valence-corrected chi connectivity index (χ1v) is 6.33. The van der Waals surface area contributed by atoms with Crippen molar-refractivity contribution >= 4 is 0 Å². The van der Waals surface area contributed by atoms with Crippen LogP contribution in [0, 0.1) is 11.3 Å². The average Bonchev–Trinajstić information content (AvgIpc) is 2.31. The fourth-order valence-electron chi connectivity index (χ4n) is 2.66. The molecule has 1 rings (SSSR count). The van der Waals surface area contributed by atoms with Crippen LogP contribution in [0.5, 0.6) is 0 Å². The van der Waals surface area contributed by atoms with Gasteiger partial charge >= 0.3 is 0 Å². The predicted molar refractivity (Wildman–Crippen MR) is 67.2 cm³/mol. The summed E-state index contributed by atoms with van der Waals surface area (Å²) >= 11 is 0. The van der Waals surface area contributed by atoms with E-state index in [9.17, 15) is 0 Å². The first kappa shape index (κ1) is 13.5. The van der Waals surface area contributed by atoms with Crippen molar-refractivity contribution in [2.24, 2.45) is 0 Å². The first-order chi connectivity index (χ1) is 7.51. The van der Waals surface area contributed by atoms with Crippen molar-refractivity contribution in [1.82, 2.24) is 9.80 Å². The lowest BCUT2D eigenvalue weighted by Crippen LogP contribution is -2.50. The Morgan fingerprint density at radius 2 is 2.12 bits per heavy atom. The lowest BCUT2D eigenvalue weighted by molar-refractivity contribution is 0.0772. The highest BCUT2D eigenvalue weighted by molar-refractivity contribution is 4.94. The van der Waals surface area contributed by atoms with Gasteiger partial charge in [-0.1, -0.05) is 6.92 Å². The molecule has 0 aromatic rings. The van der Waals surface area contributed by atoms with E-state index in [1.165, 1.54) is 6.42 Å². The molecule has 92 valence electrons. The molecule has 16 heavy (non-hydrogen) atoms. The summed E-state index contributed by atoms with van der Waals surface area (Å²) in [5.74, 6) is 0. The molecule has 0 aromatic heterocycles. The molecule has 3 nitrogen and oxygen atoms in total. The maximum atomic E-state index is 8.96. The zero-order valence-electron chi connectivity index (χ0n) is 11.2. The van der Waals surface area contributed by atoms with Crippen molar-refractivity contribution in [3.63, 3.8) is 0 Å². The van der Waals surface area contributed by atoms with Crippen LogP contribution in [0.4, 0.5) is 0 Å². The van der Waals surface area contributed by atoms with E-state index in [1.807, 2.05) is 0 Å². The van der Waals surface area contributed by atoms with Crippen LogP contribution in [0.3, 0.4) is 0 Å². The van der Waals surface area contributed by atoms with Crippen LogP contribution >= 0.6 is 0 Å². The Hall–Kier alpha value is -0.590. The van der Waals surface area contributed by atoms with Crippen molar-refractivity contribution in [3.05, 3.63) is 0 Å². The number of rotatable bonds is 3. The lowest BCUT2D eigenvalue weighted by Gasteiger charge is -2.41. The van der Waals surface area contributed by atoms with E-state index in [-0.39, 0.29) is 5.54 Å². The third-order valence-electron chi connectivity index (χ3n) is 3.64. The smallest absolute Gasteiger partial charge is 0.0638 e. The molecule has 3 heteroatoms. The average molecular weight is 223 g/mol. The maximum absolute atomic E-state index is 8.96. The van der Waals surface area contributed by atoms with E-state index in [4.69, 9.17) is 5.26 Å². The van der Waals surface area contributed by atoms with Crippen LogP contribution in [0.15, 0.2) is 0 Å². The normalized spacial score (nSPS) is 27.3. The van der Waals surface area contributed by atoms with Gasteiger partial charge in [0.15, 0.2) is 0 Å². The summed E-state index contributed by atoms with van der Waals surface area (Å²) in [4.78, 5) is 4.90. The van der Waals surface area contributed by atoms with Gasteiger partial charge in [0.05, 0.1) is 12.5 Å². The minimum absolute atomic E-state index is 0.224. The molecule has 1 atom stereocenters. The molecule has 1 unspecified atom stereocenters. The van der Waals surface area contributed by atoms with E-state index >= 15 is 0 Å². The third-order valence-corrected chi connectivity index (χ3v) is 3.64. The Morgan fingerprint density at radius 3 is 2.69 bits per heavy atom. The molecular weight excluding hydrogens is 198 g/mol. The molecule has 0 saturated carbocycles. The topological polar surface area (TPSA) is 30.3 Å². The van der Waals surface area contributed by atoms with Crippen molar-refractivity contribution in [2.45, 2.75) is 51.6 Å². The summed E-state index contributed by atoms with van der Waals surface area (Å²) < 4.78 is 0. The monoisotopic (exact) mass is 223 g/mol. The molecule has 1 saturated heterocycles. The molecule has 0 amide bonds. The van der Waals surface area contributed by atoms with Gasteiger partial charge in [-0.3, -0.25) is 4.90 Å². The standard InChI is InChI=1S/C13H25N3/c1-5-9-16-12(6-8-14)11-15(4)10-7-13(16,2)3/h12H,5-7,9-11H2,1-4H3. The summed E-state index contributed by atoms with van der Waals surface area (Å²) in [6.07, 6.45) is 2.99. The van der Waals surface area contributed by atoms with Gasteiger partial charge in [-0.05, 0) is 46.8 Å². The van der Waals surface area contributed by atoms with Gasteiger partial charge in [-0.15, -0.1) is 0 Å². The van der Waals surface area contributed by atoms with Crippen LogP contribution in [0.1, 0.15) is 40.0 Å². The van der Waals surface area contributed by atoms with Crippen molar-refractivity contribution < 1.29 is 0 Å². The van der Waals surface area contributed by atoms with Gasteiger partial charge < -0.3 is 4.90 Å². The molecule has 1 fully saturated rings. The SMILES string of the molecule is CCCN1C(CC#N)CN(C)CCC1(C)C. The Labute approximate surface area is 100 Å². The van der Waals surface area contributed by atoms with E-state index in [1.54, 1.807) is 0 Å². The summed E-state index contributed by atoms with van der Waals surface area (Å²) in [5.41, 5.74) is 0.224. The Kier molecular flexibility index (Phi) is 4.76. The zero-order chi connectivity index (χ0) is 12.2. The number of nitriles is 1. The molecule has 1 heterocycles. The second-order valence-electron chi connectivity index (χ2n) is 5.53. The van der Waals surface area contributed by atoms with E-state index in [2.05, 4.69) is 43.7 Å². The van der Waals surface area contributed by atoms with Crippen LogP contribution in [0.2, 0.25) is 0 Å². The highest BCUT2D eigenvalue weighted by Crippen LogP contribution is 2.27. The molecule has 0 aromatic carbocycles. The number of hydrogen-bond donors (Lipinski definition) is 0. The van der Waals surface area contributed by atoms with Crippen LogP contribution in [-0.2, 0) is 0 Å². The van der Waals surface area contributed by atoms with Crippen LogP contribution in [-0.4, -0.2) is 48.1 Å². The Balaban J connectivity index is 2.85. The highest BCUT2D eigenvalue weighted by atomic mass is 15.3. The lowest BCUT2D eigenvalue weighted by atomic mass is 9.96. The highest BCUT2D eigenvalue weighted by Gasteiger charge is 2.35. The van der Waals surface area contributed by atoms with Gasteiger partial charge in [-0.2, -0.15) is 5.26 Å². The minimum Gasteiger partial charge on any atom is -0.305 e. The Bertz CT molecular complexity index is 254. The van der Waals surface area contributed by atoms with Gasteiger partial charge in [0.2, 0.25) is 0 Å². The molecule has 0 spiro atoms. The molecule has 0 radical (unpaired) electrons. The van der Waals surface area contributed by atoms with Crippen LogP contribution in [0.25, 0.3) is 0 Å². The fourth-order valence-corrected chi connectivity index (χ4v) is 2.66. The van der Waals surface area contributed by atoms with Gasteiger partial charge in [-0.25, -0.2) is 0 Å². The van der Waals surface area contributed by atoms with Gasteiger partial charge in [0.25, 0.3) is 0 Å². The Morgan fingerprint density at radius 1 is 1.44 bits per heavy atom. The molecular formula is C13H25N3. The largest absolute Gasteiger partial charge is 0.305 e. The summed E-state index contributed by atoms with van der Waals surface area (Å²) in [6, 6.07) is 2.74. The molecule has 1 aliphatic heterocycles. The minimum atomic E-state index is 0.224. The van der Waals surface area contributed by atoms with Gasteiger partial charge in [0, 0.05) is 18.1 Å². The van der Waals surface area contributed by atoms with E-state index in [0.29, 0.717) is 12.5 Å². The fraction of sp³-hybridized carbons (Fsp3) is 0.923. The van der Waals surface area contributed by atoms with Crippen molar-refractivity contribution in [2.75, 3.05) is 26.7 Å². The maximum Gasteiger partial charge on any atom is 0.0638 e. The number of likely N-dealkylation sites (N-methyl/N-ethyl adjacent to an activating group) is 1. The summed E-state index contributed by atoms with van der Waals surface area (Å²) in [5, 5.41) is 8.96. The molecule has 0 aliphatic carbocycles. The number of hydrogen-bond acceptors (Lipinski definition) is 3. The van der Waals surface area contributed by atoms with Crippen molar-refractivity contribution in [1.29, 1.82) is 5.26 Å².